The number of rotatable bonds is 0. The van der Waals surface area contributed by atoms with E-state index in [9.17, 15) is 4.79 Å². The van der Waals surface area contributed by atoms with Crippen LogP contribution in [0.4, 0.5) is 4.79 Å². The highest BCUT2D eigenvalue weighted by Crippen LogP contribution is 2.41. The van der Waals surface area contributed by atoms with Gasteiger partial charge in [-0.15, -0.1) is 0 Å². The van der Waals surface area contributed by atoms with Crippen LogP contribution in [0.1, 0.15) is 55.7 Å². The topological polar surface area (TPSA) is 62.4 Å². The molecule has 1 amide bonds. The minimum absolute atomic E-state index is 0.310. The largest absolute Gasteiger partial charge is 0.445 e. The molecule has 3 N–H and O–H groups in total. The zero-order chi connectivity index (χ0) is 16.4. The highest BCUT2D eigenvalue weighted by Gasteiger charge is 2.40. The average Bonchev–Trinajstić information content (AvgIpc) is 3.02. The Morgan fingerprint density at radius 3 is 3.00 bits per heavy atom. The molecular weight excluding hydrogens is 302 g/mol. The molecule has 2 heterocycles. The second-order valence-electron chi connectivity index (χ2n) is 7.46. The van der Waals surface area contributed by atoms with E-state index in [0.717, 1.165) is 17.9 Å². The molecule has 0 aromatic heterocycles. The summed E-state index contributed by atoms with van der Waals surface area (Å²) in [6.45, 7) is 1.04. The van der Waals surface area contributed by atoms with Gasteiger partial charge < -0.3 is 10.1 Å². The van der Waals surface area contributed by atoms with E-state index in [1.165, 1.54) is 37.7 Å². The highest BCUT2D eigenvalue weighted by atomic mass is 16.5. The minimum atomic E-state index is -0.310. The Balaban J connectivity index is 1.57. The molecule has 4 rings (SSSR count). The third-order valence-electron chi connectivity index (χ3n) is 5.85. The van der Waals surface area contributed by atoms with Crippen LogP contribution < -0.4 is 16.2 Å². The molecule has 3 aliphatic rings. The van der Waals surface area contributed by atoms with Crippen molar-refractivity contribution in [3.63, 3.8) is 0 Å². The number of carbonyl (C=O) groups excluding carboxylic acids is 1. The van der Waals surface area contributed by atoms with Gasteiger partial charge in [0.2, 0.25) is 0 Å². The molecule has 5 heteroatoms. The van der Waals surface area contributed by atoms with Crippen LogP contribution in [-0.4, -0.2) is 18.7 Å². The Labute approximate surface area is 143 Å². The summed E-state index contributed by atoms with van der Waals surface area (Å²) in [4.78, 5) is 11.8. The van der Waals surface area contributed by atoms with E-state index in [0.29, 0.717) is 31.2 Å². The molecule has 0 spiro atoms. The first-order valence-electron chi connectivity index (χ1n) is 9.30. The maximum Gasteiger partial charge on any atom is 0.407 e. The summed E-state index contributed by atoms with van der Waals surface area (Å²) in [7, 11) is 0. The molecule has 130 valence electrons. The molecule has 4 atom stereocenters. The molecule has 4 unspecified atom stereocenters. The highest BCUT2D eigenvalue weighted by molar-refractivity contribution is 5.67. The van der Waals surface area contributed by atoms with E-state index in [-0.39, 0.29) is 6.09 Å². The first-order valence-corrected chi connectivity index (χ1v) is 9.30. The number of ether oxygens (including phenoxy) is 1. The third kappa shape index (κ3) is 3.42. The summed E-state index contributed by atoms with van der Waals surface area (Å²) >= 11 is 0. The lowest BCUT2D eigenvalue weighted by molar-refractivity contribution is 0.139. The number of nitrogens with one attached hydrogen (secondary N) is 3. The van der Waals surface area contributed by atoms with E-state index < -0.39 is 0 Å². The Kier molecular flexibility index (Phi) is 4.72. The first-order chi connectivity index (χ1) is 11.8. The summed E-state index contributed by atoms with van der Waals surface area (Å²) in [5, 5.41) is 2.86. The lowest BCUT2D eigenvalue weighted by atomic mass is 9.73. The second-order valence-corrected chi connectivity index (χ2v) is 7.46. The average molecular weight is 329 g/mol. The molecule has 5 nitrogen and oxygen atoms in total. The molecule has 2 aliphatic heterocycles. The summed E-state index contributed by atoms with van der Waals surface area (Å²) in [5.41, 5.74) is 9.39. The maximum atomic E-state index is 11.8. The minimum Gasteiger partial charge on any atom is -0.445 e. The number of fused-ring (bicyclic) bond motifs is 4. The molecule has 1 aliphatic carbocycles. The zero-order valence-electron chi connectivity index (χ0n) is 14.1. The normalized spacial score (nSPS) is 33.8. The fraction of sp³-hybridized carbons (Fsp3) is 0.632. The first kappa shape index (κ1) is 15.9. The van der Waals surface area contributed by atoms with Gasteiger partial charge in [-0.25, -0.2) is 10.2 Å². The third-order valence-corrected chi connectivity index (χ3v) is 5.85. The molecule has 0 radical (unpaired) electrons. The number of cyclic esters (lactones) is 1. The van der Waals surface area contributed by atoms with Gasteiger partial charge in [-0.3, -0.25) is 5.43 Å². The van der Waals surface area contributed by atoms with Crippen molar-refractivity contribution in [3.05, 3.63) is 35.4 Å². The molecular formula is C19H27N3O2. The van der Waals surface area contributed by atoms with Crippen LogP contribution in [0.15, 0.2) is 24.3 Å². The van der Waals surface area contributed by atoms with Crippen LogP contribution in [0.2, 0.25) is 0 Å². The van der Waals surface area contributed by atoms with Crippen LogP contribution in [-0.2, 0) is 11.3 Å². The Hall–Kier alpha value is -1.59. The Morgan fingerprint density at radius 1 is 1.08 bits per heavy atom. The van der Waals surface area contributed by atoms with Crippen molar-refractivity contribution < 1.29 is 9.53 Å². The summed E-state index contributed by atoms with van der Waals surface area (Å²) in [6, 6.07) is 9.41. The standard InChI is InChI=1S/C19H27N3O2/c23-19-20-9-2-1-4-13-7-8-17-16(11-13)18(22-21-17)15-6-3-5-14(10-15)12-24-19/h3,5-6,10,13,16-18,21-22H,1-2,4,7-9,11-12H2,(H,20,23). The molecule has 2 fully saturated rings. The van der Waals surface area contributed by atoms with Gasteiger partial charge in [-0.05, 0) is 48.6 Å². The SMILES string of the molecule is O=C1NCCCCC2CCC3NNC(c4cccc(c4)CO1)C3C2. The van der Waals surface area contributed by atoms with E-state index >= 15 is 0 Å². The van der Waals surface area contributed by atoms with Gasteiger partial charge in [0.25, 0.3) is 0 Å². The number of hydrogen-bond donors (Lipinski definition) is 3. The summed E-state index contributed by atoms with van der Waals surface area (Å²) < 4.78 is 5.34. The number of amides is 1. The van der Waals surface area contributed by atoms with Gasteiger partial charge in [0.15, 0.2) is 0 Å². The van der Waals surface area contributed by atoms with Crippen LogP contribution in [0, 0.1) is 11.8 Å². The number of hydrogen-bond acceptors (Lipinski definition) is 4. The van der Waals surface area contributed by atoms with Crippen LogP contribution in [0.3, 0.4) is 0 Å². The van der Waals surface area contributed by atoms with Crippen molar-refractivity contribution in [2.24, 2.45) is 11.8 Å². The summed E-state index contributed by atoms with van der Waals surface area (Å²) in [6.07, 6.45) is 7.05. The number of alkyl carbamates (subject to hydrolysis) is 1. The predicted octanol–water partition coefficient (Wildman–Crippen LogP) is 3.03. The van der Waals surface area contributed by atoms with E-state index in [4.69, 9.17) is 4.74 Å². The van der Waals surface area contributed by atoms with E-state index in [1.807, 2.05) is 6.07 Å². The monoisotopic (exact) mass is 329 g/mol. The van der Waals surface area contributed by atoms with Gasteiger partial charge in [0.1, 0.15) is 6.61 Å². The maximum absolute atomic E-state index is 11.8. The van der Waals surface area contributed by atoms with Crippen LogP contribution in [0.5, 0.6) is 0 Å². The second kappa shape index (κ2) is 7.11. The zero-order valence-corrected chi connectivity index (χ0v) is 14.1. The summed E-state index contributed by atoms with van der Waals surface area (Å²) in [5.74, 6) is 1.47. The van der Waals surface area contributed by atoms with Crippen molar-refractivity contribution in [1.29, 1.82) is 0 Å². The fourth-order valence-corrected chi connectivity index (χ4v) is 4.57. The van der Waals surface area contributed by atoms with Crippen molar-refractivity contribution in [3.8, 4) is 0 Å². The fourth-order valence-electron chi connectivity index (χ4n) is 4.57. The van der Waals surface area contributed by atoms with Gasteiger partial charge in [0.05, 0.1) is 6.04 Å². The molecule has 1 aromatic rings. The van der Waals surface area contributed by atoms with Gasteiger partial charge >= 0.3 is 6.09 Å². The Morgan fingerprint density at radius 2 is 2.04 bits per heavy atom. The van der Waals surface area contributed by atoms with Crippen molar-refractivity contribution in [2.45, 2.75) is 57.2 Å². The van der Waals surface area contributed by atoms with Crippen molar-refractivity contribution >= 4 is 6.09 Å². The molecule has 4 bridgehead atoms. The smallest absolute Gasteiger partial charge is 0.407 e. The van der Waals surface area contributed by atoms with Crippen molar-refractivity contribution in [1.82, 2.24) is 16.2 Å². The Bertz CT molecular complexity index is 592. The van der Waals surface area contributed by atoms with Crippen LogP contribution >= 0.6 is 0 Å². The number of benzene rings is 1. The lowest BCUT2D eigenvalue weighted by Crippen LogP contribution is -2.35. The van der Waals surface area contributed by atoms with Gasteiger partial charge in [-0.1, -0.05) is 37.1 Å². The molecule has 1 saturated carbocycles. The molecule has 1 aromatic carbocycles. The number of hydrazine groups is 1. The van der Waals surface area contributed by atoms with Gasteiger partial charge in [-0.2, -0.15) is 0 Å². The molecule has 1 saturated heterocycles. The predicted molar refractivity (Wildman–Crippen MR) is 92.1 cm³/mol. The van der Waals surface area contributed by atoms with Crippen LogP contribution in [0.25, 0.3) is 0 Å². The lowest BCUT2D eigenvalue weighted by Gasteiger charge is -2.33. The van der Waals surface area contributed by atoms with E-state index in [2.05, 4.69) is 34.4 Å². The quantitative estimate of drug-likeness (QED) is 0.685. The van der Waals surface area contributed by atoms with E-state index in [1.54, 1.807) is 0 Å². The van der Waals surface area contributed by atoms with Crippen molar-refractivity contribution in [2.75, 3.05) is 6.54 Å². The van der Waals surface area contributed by atoms with Gasteiger partial charge in [0, 0.05) is 12.6 Å². The molecule has 24 heavy (non-hydrogen) atoms. The number of carbonyl (C=O) groups is 1.